The number of H-pyrrole nitrogens is 1. The normalized spacial score (nSPS) is 11.6. The molecule has 1 heterocycles. The summed E-state index contributed by atoms with van der Waals surface area (Å²) in [4.78, 5) is 26.7. The second kappa shape index (κ2) is 7.99. The van der Waals surface area contributed by atoms with Crippen LogP contribution in [-0.2, 0) is 16.0 Å². The minimum Gasteiger partial charge on any atom is -0.481 e. The molecular weight excluding hydrogens is 304 g/mol. The second-order valence-corrected chi connectivity index (χ2v) is 6.28. The van der Waals surface area contributed by atoms with E-state index in [0.717, 1.165) is 18.4 Å². The molecule has 5 heteroatoms. The van der Waals surface area contributed by atoms with E-state index in [1.807, 2.05) is 38.2 Å². The van der Waals surface area contributed by atoms with E-state index in [0.29, 0.717) is 19.3 Å². The van der Waals surface area contributed by atoms with Crippen molar-refractivity contribution in [3.05, 3.63) is 36.0 Å². The Kier molecular flexibility index (Phi) is 6.01. The first-order chi connectivity index (χ1) is 11.5. The fourth-order valence-corrected chi connectivity index (χ4v) is 3.01. The number of aromatic nitrogens is 1. The second-order valence-electron chi connectivity index (χ2n) is 6.28. The number of benzene rings is 1. The number of carboxylic acid groups (broad SMARTS) is 1. The summed E-state index contributed by atoms with van der Waals surface area (Å²) in [6, 6.07) is 8.11. The largest absolute Gasteiger partial charge is 0.481 e. The Morgan fingerprint density at radius 3 is 2.58 bits per heavy atom. The average molecular weight is 330 g/mol. The van der Waals surface area contributed by atoms with E-state index in [1.165, 1.54) is 10.9 Å². The Balaban J connectivity index is 1.82. The molecule has 2 aromatic rings. The molecule has 1 amide bonds. The number of aliphatic carboxylic acids is 1. The molecule has 5 nitrogen and oxygen atoms in total. The van der Waals surface area contributed by atoms with Crippen molar-refractivity contribution in [1.29, 1.82) is 0 Å². The van der Waals surface area contributed by atoms with Crippen molar-refractivity contribution in [3.8, 4) is 0 Å². The third-order valence-corrected chi connectivity index (χ3v) is 4.96. The summed E-state index contributed by atoms with van der Waals surface area (Å²) in [6.45, 7) is 3.89. The van der Waals surface area contributed by atoms with Crippen LogP contribution < -0.4 is 5.32 Å². The molecule has 0 saturated carbocycles. The molecule has 0 saturated heterocycles. The summed E-state index contributed by atoms with van der Waals surface area (Å²) in [5.74, 6) is -0.922. The number of amides is 1. The molecule has 0 radical (unpaired) electrons. The lowest BCUT2D eigenvalue weighted by atomic mass is 9.82. The molecule has 1 aromatic carbocycles. The Morgan fingerprint density at radius 1 is 1.21 bits per heavy atom. The van der Waals surface area contributed by atoms with E-state index < -0.39 is 11.4 Å². The van der Waals surface area contributed by atoms with Gasteiger partial charge in [0.2, 0.25) is 5.91 Å². The van der Waals surface area contributed by atoms with E-state index >= 15 is 0 Å². The maximum Gasteiger partial charge on any atom is 0.311 e. The van der Waals surface area contributed by atoms with Crippen molar-refractivity contribution in [2.24, 2.45) is 5.41 Å². The molecule has 24 heavy (non-hydrogen) atoms. The van der Waals surface area contributed by atoms with Gasteiger partial charge in [-0.25, -0.2) is 0 Å². The van der Waals surface area contributed by atoms with Gasteiger partial charge in [-0.15, -0.1) is 0 Å². The van der Waals surface area contributed by atoms with Crippen LogP contribution in [0.25, 0.3) is 10.9 Å². The zero-order valence-corrected chi connectivity index (χ0v) is 14.4. The van der Waals surface area contributed by atoms with Crippen LogP contribution in [0.3, 0.4) is 0 Å². The smallest absolute Gasteiger partial charge is 0.311 e. The highest BCUT2D eigenvalue weighted by molar-refractivity contribution is 5.83. The Labute approximate surface area is 142 Å². The molecule has 0 aliphatic heterocycles. The van der Waals surface area contributed by atoms with Crippen LogP contribution >= 0.6 is 0 Å². The highest BCUT2D eigenvalue weighted by atomic mass is 16.4. The summed E-state index contributed by atoms with van der Waals surface area (Å²) >= 11 is 0. The van der Waals surface area contributed by atoms with E-state index in [9.17, 15) is 14.7 Å². The van der Waals surface area contributed by atoms with Gasteiger partial charge in [0.15, 0.2) is 0 Å². The van der Waals surface area contributed by atoms with Gasteiger partial charge in [0, 0.05) is 30.1 Å². The van der Waals surface area contributed by atoms with Gasteiger partial charge in [0.1, 0.15) is 0 Å². The number of rotatable bonds is 9. The van der Waals surface area contributed by atoms with Crippen molar-refractivity contribution in [1.82, 2.24) is 10.3 Å². The lowest BCUT2D eigenvalue weighted by Gasteiger charge is -2.26. The third kappa shape index (κ3) is 3.96. The number of hydrogen-bond donors (Lipinski definition) is 3. The molecule has 0 aliphatic rings. The van der Waals surface area contributed by atoms with Gasteiger partial charge in [0.05, 0.1) is 5.41 Å². The van der Waals surface area contributed by atoms with Crippen LogP contribution in [0.5, 0.6) is 0 Å². The molecule has 0 unspecified atom stereocenters. The van der Waals surface area contributed by atoms with Gasteiger partial charge in [-0.05, 0) is 37.3 Å². The summed E-state index contributed by atoms with van der Waals surface area (Å²) in [7, 11) is 0. The maximum atomic E-state index is 12.0. The topological polar surface area (TPSA) is 82.2 Å². The fraction of sp³-hybridized carbons (Fsp3) is 0.474. The molecule has 0 aliphatic carbocycles. The number of carbonyl (C=O) groups is 2. The zero-order valence-electron chi connectivity index (χ0n) is 14.4. The van der Waals surface area contributed by atoms with Crippen LogP contribution in [0.1, 0.15) is 45.1 Å². The first-order valence-corrected chi connectivity index (χ1v) is 8.57. The molecule has 2 rings (SSSR count). The Bertz CT molecular complexity index is 701. The summed E-state index contributed by atoms with van der Waals surface area (Å²) < 4.78 is 0. The van der Waals surface area contributed by atoms with Crippen LogP contribution in [0, 0.1) is 5.41 Å². The number of fused-ring (bicyclic) bond motifs is 1. The summed E-state index contributed by atoms with van der Waals surface area (Å²) in [6.07, 6.45) is 4.98. The van der Waals surface area contributed by atoms with Gasteiger partial charge in [0.25, 0.3) is 0 Å². The van der Waals surface area contributed by atoms with Crippen molar-refractivity contribution < 1.29 is 14.7 Å². The van der Waals surface area contributed by atoms with Gasteiger partial charge in [-0.2, -0.15) is 0 Å². The van der Waals surface area contributed by atoms with Crippen LogP contribution in [-0.4, -0.2) is 28.5 Å². The highest BCUT2D eigenvalue weighted by Gasteiger charge is 2.34. The number of hydrogen-bond acceptors (Lipinski definition) is 2. The van der Waals surface area contributed by atoms with Gasteiger partial charge < -0.3 is 15.4 Å². The molecule has 0 spiro atoms. The minimum atomic E-state index is -0.855. The predicted molar refractivity (Wildman–Crippen MR) is 94.9 cm³/mol. The van der Waals surface area contributed by atoms with Crippen LogP contribution in [0.4, 0.5) is 0 Å². The molecule has 130 valence electrons. The van der Waals surface area contributed by atoms with Gasteiger partial charge in [-0.3, -0.25) is 9.59 Å². The van der Waals surface area contributed by atoms with Crippen molar-refractivity contribution in [2.45, 2.75) is 46.0 Å². The standard InChI is InChI=1S/C19H26N2O3/c1-3-19(4-2,18(23)24)13-21-17(22)11-7-8-14-12-20-16-10-6-5-9-15(14)16/h5-6,9-10,12,20H,3-4,7-8,11,13H2,1-2H3,(H,21,22)(H,23,24). The van der Waals surface area contributed by atoms with E-state index in [2.05, 4.69) is 16.4 Å². The van der Waals surface area contributed by atoms with Gasteiger partial charge >= 0.3 is 5.97 Å². The third-order valence-electron chi connectivity index (χ3n) is 4.96. The average Bonchev–Trinajstić information content (AvgIpc) is 2.99. The Hall–Kier alpha value is -2.30. The van der Waals surface area contributed by atoms with Crippen molar-refractivity contribution >= 4 is 22.8 Å². The van der Waals surface area contributed by atoms with Gasteiger partial charge in [-0.1, -0.05) is 32.0 Å². The molecule has 0 atom stereocenters. The maximum absolute atomic E-state index is 12.0. The summed E-state index contributed by atoms with van der Waals surface area (Å²) in [5, 5.41) is 13.4. The van der Waals surface area contributed by atoms with Crippen LogP contribution in [0.15, 0.2) is 30.5 Å². The lowest BCUT2D eigenvalue weighted by molar-refractivity contribution is -0.149. The first-order valence-electron chi connectivity index (χ1n) is 8.57. The monoisotopic (exact) mass is 330 g/mol. The molecule has 0 fully saturated rings. The molecule has 0 bridgehead atoms. The fourth-order valence-electron chi connectivity index (χ4n) is 3.01. The van der Waals surface area contributed by atoms with Crippen LogP contribution in [0.2, 0.25) is 0 Å². The number of nitrogens with one attached hydrogen (secondary N) is 2. The lowest BCUT2D eigenvalue weighted by Crippen LogP contribution is -2.42. The summed E-state index contributed by atoms with van der Waals surface area (Å²) in [5.41, 5.74) is 1.46. The molecule has 1 aromatic heterocycles. The SMILES string of the molecule is CCC(CC)(CNC(=O)CCCc1c[nH]c2ccccc12)C(=O)O. The number of para-hydroxylation sites is 1. The minimum absolute atomic E-state index is 0.0811. The molecule has 3 N–H and O–H groups in total. The molecular formula is C19H26N2O3. The zero-order chi connectivity index (χ0) is 17.6. The van der Waals surface area contributed by atoms with Crippen molar-refractivity contribution in [2.75, 3.05) is 6.54 Å². The number of aromatic amines is 1. The first kappa shape index (κ1) is 18.0. The van der Waals surface area contributed by atoms with Crippen molar-refractivity contribution in [3.63, 3.8) is 0 Å². The Morgan fingerprint density at radius 2 is 1.92 bits per heavy atom. The quantitative estimate of drug-likeness (QED) is 0.658. The predicted octanol–water partition coefficient (Wildman–Crippen LogP) is 3.50. The van der Waals surface area contributed by atoms with E-state index in [-0.39, 0.29) is 12.5 Å². The number of carbonyl (C=O) groups excluding carboxylic acids is 1. The van der Waals surface area contributed by atoms with E-state index in [4.69, 9.17) is 0 Å². The highest BCUT2D eigenvalue weighted by Crippen LogP contribution is 2.25. The number of aryl methyl sites for hydroxylation is 1. The van der Waals surface area contributed by atoms with E-state index in [1.54, 1.807) is 0 Å². The number of carboxylic acids is 1.